The molecule has 0 fully saturated rings. The van der Waals surface area contributed by atoms with Crippen LogP contribution in [0.1, 0.15) is 59.3 Å². The van der Waals surface area contributed by atoms with Crippen LogP contribution >= 0.6 is 0 Å². The third-order valence-electron chi connectivity index (χ3n) is 1.54. The molecule has 4 nitrogen and oxygen atoms in total. The molecule has 0 saturated carbocycles. The second kappa shape index (κ2) is 43.9. The van der Waals surface area contributed by atoms with Crippen LogP contribution in [0.3, 0.4) is 0 Å². The Balaban J connectivity index is -0.0000000400. The van der Waals surface area contributed by atoms with E-state index in [-0.39, 0.29) is 27.2 Å². The van der Waals surface area contributed by atoms with Gasteiger partial charge in [-0.15, -0.1) is 0 Å². The molecule has 0 aliphatic rings. The topological polar surface area (TPSA) is 89.2 Å². The monoisotopic (exact) mass is 286 g/mol. The van der Waals surface area contributed by atoms with Crippen molar-refractivity contribution in [2.45, 2.75) is 59.3 Å². The SMILES string of the molecule is CCCCO.CCCCO.CCCCO.[O-2].[Ti+2]. The van der Waals surface area contributed by atoms with E-state index < -0.39 is 0 Å². The summed E-state index contributed by atoms with van der Waals surface area (Å²) in [4.78, 5) is 0. The number of rotatable bonds is 6. The van der Waals surface area contributed by atoms with Crippen LogP contribution in [0, 0.1) is 0 Å². The van der Waals surface area contributed by atoms with Gasteiger partial charge in [0, 0.05) is 19.8 Å². The van der Waals surface area contributed by atoms with E-state index in [4.69, 9.17) is 15.3 Å². The molecule has 0 atom stereocenters. The average molecular weight is 286 g/mol. The van der Waals surface area contributed by atoms with Gasteiger partial charge in [0.25, 0.3) is 0 Å². The smallest absolute Gasteiger partial charge is 2.00 e. The Kier molecular flexibility index (Phi) is 78.8. The van der Waals surface area contributed by atoms with E-state index in [9.17, 15) is 0 Å². The van der Waals surface area contributed by atoms with Gasteiger partial charge in [-0.3, -0.25) is 0 Å². The maximum Gasteiger partial charge on any atom is 2.00 e. The molecule has 0 aliphatic heterocycles. The van der Waals surface area contributed by atoms with E-state index in [2.05, 4.69) is 20.8 Å². The number of unbranched alkanes of at least 4 members (excludes halogenated alkanes) is 3. The standard InChI is InChI=1S/3C4H10O.O.Ti/c3*1-2-3-4-5;;/h3*5H,2-4H2,1H3;;/q;;;-2;+2. The van der Waals surface area contributed by atoms with E-state index in [1.807, 2.05) is 0 Å². The second-order valence-corrected chi connectivity index (χ2v) is 3.23. The van der Waals surface area contributed by atoms with Crippen LogP contribution in [0.2, 0.25) is 0 Å². The third-order valence-corrected chi connectivity index (χ3v) is 1.54. The summed E-state index contributed by atoms with van der Waals surface area (Å²) in [5.41, 5.74) is 0. The Morgan fingerprint density at radius 2 is 0.765 bits per heavy atom. The first-order chi connectivity index (χ1) is 7.24. The van der Waals surface area contributed by atoms with Crippen LogP contribution in [-0.2, 0) is 27.2 Å². The Hall–Kier alpha value is 0.554. The van der Waals surface area contributed by atoms with Gasteiger partial charge in [0.05, 0.1) is 0 Å². The molecule has 17 heavy (non-hydrogen) atoms. The van der Waals surface area contributed by atoms with Crippen LogP contribution in [0.15, 0.2) is 0 Å². The zero-order valence-electron chi connectivity index (χ0n) is 11.6. The fraction of sp³-hybridized carbons (Fsp3) is 1.00. The predicted octanol–water partition coefficient (Wildman–Crippen LogP) is 2.22. The minimum Gasteiger partial charge on any atom is -2.00 e. The van der Waals surface area contributed by atoms with Gasteiger partial charge in [0.15, 0.2) is 0 Å². The molecular weight excluding hydrogens is 256 g/mol. The number of hydrogen-bond donors (Lipinski definition) is 3. The van der Waals surface area contributed by atoms with Crippen molar-refractivity contribution in [1.29, 1.82) is 0 Å². The summed E-state index contributed by atoms with van der Waals surface area (Å²) in [7, 11) is 0. The first kappa shape index (κ1) is 30.5. The number of aliphatic hydroxyl groups excluding tert-OH is 3. The molecule has 0 bridgehead atoms. The summed E-state index contributed by atoms with van der Waals surface area (Å²) >= 11 is 0. The van der Waals surface area contributed by atoms with E-state index >= 15 is 0 Å². The normalized spacial score (nSPS) is 7.41. The van der Waals surface area contributed by atoms with Crippen molar-refractivity contribution in [3.63, 3.8) is 0 Å². The van der Waals surface area contributed by atoms with Gasteiger partial charge >= 0.3 is 21.7 Å². The Morgan fingerprint density at radius 3 is 0.765 bits per heavy atom. The molecule has 106 valence electrons. The van der Waals surface area contributed by atoms with Crippen molar-refractivity contribution >= 4 is 0 Å². The molecule has 0 aromatic heterocycles. The van der Waals surface area contributed by atoms with Crippen molar-refractivity contribution in [2.75, 3.05) is 19.8 Å². The minimum atomic E-state index is 0. The van der Waals surface area contributed by atoms with Gasteiger partial charge in [-0.1, -0.05) is 40.0 Å². The minimum absolute atomic E-state index is 0. The Morgan fingerprint density at radius 1 is 0.588 bits per heavy atom. The number of hydrogen-bond acceptors (Lipinski definition) is 3. The summed E-state index contributed by atoms with van der Waals surface area (Å²) in [5.74, 6) is 0. The van der Waals surface area contributed by atoms with Crippen molar-refractivity contribution in [3.05, 3.63) is 0 Å². The van der Waals surface area contributed by atoms with Crippen molar-refractivity contribution in [2.24, 2.45) is 0 Å². The van der Waals surface area contributed by atoms with Crippen LogP contribution in [0.5, 0.6) is 0 Å². The van der Waals surface area contributed by atoms with Crippen LogP contribution in [0.4, 0.5) is 0 Å². The van der Waals surface area contributed by atoms with E-state index in [1.165, 1.54) is 0 Å². The summed E-state index contributed by atoms with van der Waals surface area (Å²) in [6, 6.07) is 0. The van der Waals surface area contributed by atoms with Gasteiger partial charge in [0.1, 0.15) is 0 Å². The molecule has 0 saturated heterocycles. The fourth-order valence-corrected chi connectivity index (χ4v) is 0.474. The van der Waals surface area contributed by atoms with E-state index in [0.29, 0.717) is 19.8 Å². The zero-order chi connectivity index (χ0) is 12.4. The molecule has 5 heteroatoms. The van der Waals surface area contributed by atoms with Gasteiger partial charge < -0.3 is 20.8 Å². The molecule has 0 spiro atoms. The summed E-state index contributed by atoms with van der Waals surface area (Å²) < 4.78 is 0. The van der Waals surface area contributed by atoms with Gasteiger partial charge in [-0.2, -0.15) is 0 Å². The maximum atomic E-state index is 8.07. The van der Waals surface area contributed by atoms with Crippen LogP contribution in [-0.4, -0.2) is 35.1 Å². The van der Waals surface area contributed by atoms with Crippen molar-refractivity contribution in [1.82, 2.24) is 0 Å². The number of aliphatic hydroxyl groups is 3. The molecule has 0 radical (unpaired) electrons. The molecular formula is C12H30O4Ti. The molecule has 0 aromatic rings. The molecule has 0 amide bonds. The van der Waals surface area contributed by atoms with Crippen LogP contribution < -0.4 is 0 Å². The summed E-state index contributed by atoms with van der Waals surface area (Å²) in [6.07, 6.45) is 6.11. The molecule has 0 unspecified atom stereocenters. The van der Waals surface area contributed by atoms with Gasteiger partial charge in [-0.25, -0.2) is 0 Å². The van der Waals surface area contributed by atoms with Crippen molar-refractivity contribution in [3.8, 4) is 0 Å². The quantitative estimate of drug-likeness (QED) is 0.654. The first-order valence-corrected chi connectivity index (χ1v) is 6.07. The van der Waals surface area contributed by atoms with Crippen molar-refractivity contribution < 1.29 is 42.5 Å². The van der Waals surface area contributed by atoms with E-state index in [0.717, 1.165) is 38.5 Å². The maximum absolute atomic E-state index is 8.07. The second-order valence-electron chi connectivity index (χ2n) is 3.23. The Bertz CT molecular complexity index is 55.3. The van der Waals surface area contributed by atoms with E-state index in [1.54, 1.807) is 0 Å². The largest absolute Gasteiger partial charge is 2.00 e. The molecule has 0 aromatic carbocycles. The van der Waals surface area contributed by atoms with Gasteiger partial charge in [-0.05, 0) is 19.3 Å². The summed E-state index contributed by atoms with van der Waals surface area (Å²) in [6.45, 7) is 7.19. The molecule has 0 rings (SSSR count). The third kappa shape index (κ3) is 81.6. The molecule has 0 heterocycles. The predicted molar refractivity (Wildman–Crippen MR) is 66.7 cm³/mol. The fourth-order valence-electron chi connectivity index (χ4n) is 0.474. The summed E-state index contributed by atoms with van der Waals surface area (Å²) in [5, 5.41) is 24.2. The first-order valence-electron chi connectivity index (χ1n) is 6.07. The van der Waals surface area contributed by atoms with Crippen LogP contribution in [0.25, 0.3) is 0 Å². The van der Waals surface area contributed by atoms with Gasteiger partial charge in [0.2, 0.25) is 0 Å². The molecule has 0 aliphatic carbocycles. The Labute approximate surface area is 122 Å². The molecule has 3 N–H and O–H groups in total. The zero-order valence-corrected chi connectivity index (χ0v) is 13.2. The average Bonchev–Trinajstić information content (AvgIpc) is 2.23.